The first kappa shape index (κ1) is 23.1. The van der Waals surface area contributed by atoms with Gasteiger partial charge in [-0.2, -0.15) is 0 Å². The van der Waals surface area contributed by atoms with Crippen LogP contribution in [0.25, 0.3) is 0 Å². The van der Waals surface area contributed by atoms with Crippen LogP contribution in [-0.4, -0.2) is 90.7 Å². The Morgan fingerprint density at radius 2 is 1.81 bits per heavy atom. The van der Waals surface area contributed by atoms with Gasteiger partial charge in [0.25, 0.3) is 5.24 Å². The topological polar surface area (TPSA) is 118 Å². The Hall–Kier alpha value is -2.59. The molecule has 0 bridgehead atoms. The number of fused-ring (bicyclic) bond motifs is 1. The van der Waals surface area contributed by atoms with Gasteiger partial charge in [-0.1, -0.05) is 30.3 Å². The van der Waals surface area contributed by atoms with E-state index in [1.807, 2.05) is 30.3 Å². The zero-order valence-electron chi connectivity index (χ0n) is 18.1. The highest BCUT2D eigenvalue weighted by molar-refractivity contribution is 8.46. The summed E-state index contributed by atoms with van der Waals surface area (Å²) >= 11 is 0. The van der Waals surface area contributed by atoms with Crippen LogP contribution >= 0.6 is 10.0 Å². The van der Waals surface area contributed by atoms with E-state index in [1.54, 1.807) is 27.9 Å². The molecule has 2 aliphatic heterocycles. The molecule has 0 aliphatic carbocycles. The molecular weight excluding hydrogens is 422 g/mol. The van der Waals surface area contributed by atoms with Crippen molar-refractivity contribution in [3.63, 3.8) is 0 Å². The Labute approximate surface area is 182 Å². The number of carboxylic acid groups (broad SMARTS) is 1. The number of β-lactam (4-membered cyclic amide) rings is 1. The van der Waals surface area contributed by atoms with Crippen molar-refractivity contribution < 1.29 is 29.4 Å². The van der Waals surface area contributed by atoms with Crippen LogP contribution in [0.1, 0.15) is 25.8 Å². The highest BCUT2D eigenvalue weighted by Gasteiger charge is 2.72. The first-order valence-corrected chi connectivity index (χ1v) is 11.8. The average Bonchev–Trinajstić information content (AvgIpc) is 2.87. The number of aliphatic hydroxyl groups excluding tert-OH is 1. The largest absolute Gasteiger partial charge is 0.480 e. The first-order chi connectivity index (χ1) is 14.5. The quantitative estimate of drug-likeness (QED) is 0.629. The Bertz CT molecular complexity index is 906. The number of carbonyl (C=O) groups excluding carboxylic acids is 3. The molecule has 10 heteroatoms. The summed E-state index contributed by atoms with van der Waals surface area (Å²) in [6.45, 7) is 3.21. The van der Waals surface area contributed by atoms with E-state index in [9.17, 15) is 29.4 Å². The third-order valence-electron chi connectivity index (χ3n) is 6.34. The highest BCUT2D eigenvalue weighted by Crippen LogP contribution is 2.74. The second kappa shape index (κ2) is 8.16. The summed E-state index contributed by atoms with van der Waals surface area (Å²) in [4.78, 5) is 54.9. The van der Waals surface area contributed by atoms with Crippen molar-refractivity contribution in [2.24, 2.45) is 0 Å². The summed E-state index contributed by atoms with van der Waals surface area (Å²) in [7, 11) is 0.465. The van der Waals surface area contributed by atoms with E-state index in [0.717, 1.165) is 5.56 Å². The lowest BCUT2D eigenvalue weighted by Gasteiger charge is -2.51. The molecule has 3 amide bonds. The number of carboxylic acids is 1. The Morgan fingerprint density at radius 3 is 2.26 bits per heavy atom. The molecule has 1 unspecified atom stereocenters. The van der Waals surface area contributed by atoms with Crippen LogP contribution in [-0.2, 0) is 20.9 Å². The van der Waals surface area contributed by atoms with E-state index in [0.29, 0.717) is 0 Å². The lowest BCUT2D eigenvalue weighted by molar-refractivity contribution is -0.157. The number of rotatable bonds is 6. The van der Waals surface area contributed by atoms with Crippen molar-refractivity contribution in [1.29, 1.82) is 0 Å². The number of amides is 3. The van der Waals surface area contributed by atoms with Gasteiger partial charge < -0.3 is 24.9 Å². The summed E-state index contributed by atoms with van der Waals surface area (Å²) in [6.07, 6.45) is 0.0235. The Balaban J connectivity index is 2.06. The molecule has 2 fully saturated rings. The van der Waals surface area contributed by atoms with Crippen molar-refractivity contribution in [3.05, 3.63) is 35.9 Å². The lowest BCUT2D eigenvalue weighted by atomic mass is 9.98. The van der Waals surface area contributed by atoms with Crippen LogP contribution in [0.4, 0.5) is 4.79 Å². The number of aliphatic hydroxyl groups is 1. The fourth-order valence-electron chi connectivity index (χ4n) is 4.52. The lowest BCUT2D eigenvalue weighted by Crippen LogP contribution is -2.57. The SMILES string of the molecule is CN(C)C(=O)CN(Cc1ccccc1)C(=O)S1(CO)[C@@H]2CC(=O)N2[C@@H](C(=O)O)C1(C)C. The summed E-state index contributed by atoms with van der Waals surface area (Å²) in [5.74, 6) is -2.36. The Morgan fingerprint density at radius 1 is 1.19 bits per heavy atom. The number of benzene rings is 1. The smallest absolute Gasteiger partial charge is 0.327 e. The van der Waals surface area contributed by atoms with Crippen LogP contribution in [0.15, 0.2) is 30.3 Å². The third kappa shape index (κ3) is 3.47. The maximum Gasteiger partial charge on any atom is 0.327 e. The van der Waals surface area contributed by atoms with Crippen LogP contribution < -0.4 is 0 Å². The summed E-state index contributed by atoms with van der Waals surface area (Å²) < 4.78 is -1.17. The molecule has 0 radical (unpaired) electrons. The van der Waals surface area contributed by atoms with E-state index < -0.39 is 43.3 Å². The molecule has 2 aliphatic rings. The maximum atomic E-state index is 14.0. The first-order valence-electron chi connectivity index (χ1n) is 9.96. The van der Waals surface area contributed by atoms with Crippen molar-refractivity contribution in [2.75, 3.05) is 26.6 Å². The molecule has 9 nitrogen and oxygen atoms in total. The number of hydrogen-bond donors (Lipinski definition) is 2. The minimum atomic E-state index is -2.72. The maximum absolute atomic E-state index is 14.0. The molecule has 1 aromatic carbocycles. The number of carbonyl (C=O) groups is 4. The molecule has 3 rings (SSSR count). The van der Waals surface area contributed by atoms with E-state index in [2.05, 4.69) is 0 Å². The molecule has 0 aromatic heterocycles. The summed E-state index contributed by atoms with van der Waals surface area (Å²) in [6, 6.07) is 7.96. The molecular formula is C21H29N3O6S. The number of nitrogens with zero attached hydrogens (tertiary/aromatic N) is 3. The van der Waals surface area contributed by atoms with Crippen molar-refractivity contribution in [1.82, 2.24) is 14.7 Å². The summed E-state index contributed by atoms with van der Waals surface area (Å²) in [5, 5.41) is 19.3. The number of hydrogen-bond acceptors (Lipinski definition) is 5. The second-order valence-electron chi connectivity index (χ2n) is 8.62. The van der Waals surface area contributed by atoms with Crippen molar-refractivity contribution in [3.8, 4) is 0 Å². The standard InChI is InChI=1S/C21H29N3O6S/c1-21(2)18(19(28)29)24-15(26)10-17(24)31(21,13-25)20(30)23(12-16(27)22(3)4)11-14-8-6-5-7-9-14/h5-9,17-18,25H,10-13H2,1-4H3,(H,28,29)/t17-,18+/m1/s1. The third-order valence-corrected chi connectivity index (χ3v) is 11.0. The van der Waals surface area contributed by atoms with Gasteiger partial charge in [-0.15, -0.1) is 10.0 Å². The molecule has 2 heterocycles. The predicted octanol–water partition coefficient (Wildman–Crippen LogP) is 1.25. The molecule has 31 heavy (non-hydrogen) atoms. The molecule has 0 spiro atoms. The van der Waals surface area contributed by atoms with Gasteiger partial charge in [0.05, 0.1) is 17.7 Å². The number of aliphatic carboxylic acids is 1. The van der Waals surface area contributed by atoms with Gasteiger partial charge in [-0.3, -0.25) is 14.4 Å². The normalized spacial score (nSPS) is 28.2. The van der Waals surface area contributed by atoms with Crippen LogP contribution in [0, 0.1) is 0 Å². The fraction of sp³-hybridized carbons (Fsp3) is 0.524. The van der Waals surface area contributed by atoms with Crippen molar-refractivity contribution >= 4 is 33.1 Å². The van der Waals surface area contributed by atoms with E-state index >= 15 is 0 Å². The van der Waals surface area contributed by atoms with Gasteiger partial charge in [-0.05, 0) is 19.4 Å². The molecule has 2 N–H and O–H groups in total. The second-order valence-corrected chi connectivity index (χ2v) is 12.4. The van der Waals surface area contributed by atoms with E-state index in [4.69, 9.17) is 0 Å². The van der Waals surface area contributed by atoms with Gasteiger partial charge in [-0.25, -0.2) is 4.79 Å². The van der Waals surface area contributed by atoms with Gasteiger partial charge in [0.2, 0.25) is 11.8 Å². The summed E-state index contributed by atoms with van der Waals surface area (Å²) in [5.41, 5.74) is 0.807. The van der Waals surface area contributed by atoms with Crippen molar-refractivity contribution in [2.45, 2.75) is 43.0 Å². The molecule has 3 atom stereocenters. The zero-order chi connectivity index (χ0) is 23.1. The predicted molar refractivity (Wildman–Crippen MR) is 116 cm³/mol. The highest BCUT2D eigenvalue weighted by atomic mass is 32.3. The molecule has 0 saturated carbocycles. The van der Waals surface area contributed by atoms with Gasteiger partial charge in [0, 0.05) is 25.4 Å². The minimum Gasteiger partial charge on any atom is -0.480 e. The fourth-order valence-corrected chi connectivity index (χ4v) is 8.78. The Kier molecular flexibility index (Phi) is 6.07. The van der Waals surface area contributed by atoms with Gasteiger partial charge in [0.1, 0.15) is 12.6 Å². The molecule has 170 valence electrons. The zero-order valence-corrected chi connectivity index (χ0v) is 19.0. The van der Waals surface area contributed by atoms with Crippen LogP contribution in [0.2, 0.25) is 0 Å². The van der Waals surface area contributed by atoms with E-state index in [-0.39, 0.29) is 31.3 Å². The molecule has 2 saturated heterocycles. The number of likely N-dealkylation sites (N-methyl/N-ethyl adjacent to an activating group) is 1. The van der Waals surface area contributed by atoms with Gasteiger partial charge in [0.15, 0.2) is 0 Å². The minimum absolute atomic E-state index is 0.0235. The van der Waals surface area contributed by atoms with E-state index in [1.165, 1.54) is 14.7 Å². The van der Waals surface area contributed by atoms with Gasteiger partial charge >= 0.3 is 5.97 Å². The average molecular weight is 452 g/mol. The van der Waals surface area contributed by atoms with Crippen LogP contribution in [0.3, 0.4) is 0 Å². The monoisotopic (exact) mass is 451 g/mol. The molecule has 1 aromatic rings. The van der Waals surface area contributed by atoms with Crippen LogP contribution in [0.5, 0.6) is 0 Å².